The van der Waals surface area contributed by atoms with Crippen molar-refractivity contribution in [3.8, 4) is 5.75 Å². The van der Waals surface area contributed by atoms with Crippen LogP contribution in [0.1, 0.15) is 31.2 Å². The number of hydrogen-bond donors (Lipinski definition) is 2. The summed E-state index contributed by atoms with van der Waals surface area (Å²) in [4.78, 5) is 10.5. The van der Waals surface area contributed by atoms with E-state index >= 15 is 0 Å². The highest BCUT2D eigenvalue weighted by Gasteiger charge is 2.00. The molecule has 0 saturated carbocycles. The average Bonchev–Trinajstić information content (AvgIpc) is 2.57. The van der Waals surface area contributed by atoms with Crippen LogP contribution in [0, 0.1) is 0 Å². The summed E-state index contributed by atoms with van der Waals surface area (Å²) >= 11 is 0. The van der Waals surface area contributed by atoms with Crippen LogP contribution in [0.2, 0.25) is 0 Å². The van der Waals surface area contributed by atoms with Gasteiger partial charge in [0.15, 0.2) is 0 Å². The first kappa shape index (κ1) is 18.0. The summed E-state index contributed by atoms with van der Waals surface area (Å²) in [5.41, 5.74) is 1.08. The van der Waals surface area contributed by atoms with E-state index in [0.29, 0.717) is 13.0 Å². The van der Waals surface area contributed by atoms with Crippen molar-refractivity contribution in [1.82, 2.24) is 0 Å². The number of fused-ring (bicyclic) bond motifs is 1. The maximum absolute atomic E-state index is 10.5. The Bertz CT molecular complexity index is 691. The molecular formula is C20H24O4. The third-order valence-corrected chi connectivity index (χ3v) is 3.81. The summed E-state index contributed by atoms with van der Waals surface area (Å²) in [5, 5.41) is 19.6. The highest BCUT2D eigenvalue weighted by Crippen LogP contribution is 2.22. The molecule has 4 nitrogen and oxygen atoms in total. The molecule has 128 valence electrons. The molecule has 0 saturated heterocycles. The lowest BCUT2D eigenvalue weighted by Crippen LogP contribution is -1.97. The molecule has 0 aliphatic heterocycles. The second kappa shape index (κ2) is 9.73. The third-order valence-electron chi connectivity index (χ3n) is 3.81. The second-order valence-electron chi connectivity index (χ2n) is 5.77. The smallest absolute Gasteiger partial charge is 0.327 e. The molecule has 2 N–H and O–H groups in total. The highest BCUT2D eigenvalue weighted by atomic mass is 16.5. The highest BCUT2D eigenvalue weighted by molar-refractivity contribution is 5.84. The van der Waals surface area contributed by atoms with Crippen molar-refractivity contribution in [2.24, 2.45) is 0 Å². The number of hydrogen-bond acceptors (Lipinski definition) is 3. The van der Waals surface area contributed by atoms with Gasteiger partial charge < -0.3 is 14.9 Å². The Hall–Kier alpha value is -2.33. The van der Waals surface area contributed by atoms with Crippen molar-refractivity contribution >= 4 is 16.7 Å². The summed E-state index contributed by atoms with van der Waals surface area (Å²) in [7, 11) is 0. The maximum atomic E-state index is 10.5. The topological polar surface area (TPSA) is 66.8 Å². The Labute approximate surface area is 142 Å². The van der Waals surface area contributed by atoms with Gasteiger partial charge in [0.05, 0.1) is 6.61 Å². The summed E-state index contributed by atoms with van der Waals surface area (Å²) in [6, 6.07) is 12.1. The first-order chi connectivity index (χ1) is 11.7. The monoisotopic (exact) mass is 328 g/mol. The van der Waals surface area contributed by atoms with Gasteiger partial charge in [-0.2, -0.15) is 0 Å². The van der Waals surface area contributed by atoms with E-state index in [-0.39, 0.29) is 6.61 Å². The van der Waals surface area contributed by atoms with E-state index in [1.165, 1.54) is 6.08 Å². The number of allylic oxidation sites excluding steroid dienone is 1. The molecule has 24 heavy (non-hydrogen) atoms. The zero-order valence-corrected chi connectivity index (χ0v) is 13.8. The van der Waals surface area contributed by atoms with Crippen LogP contribution in [-0.2, 0) is 11.2 Å². The van der Waals surface area contributed by atoms with Crippen LogP contribution in [0.3, 0.4) is 0 Å². The Morgan fingerprint density at radius 3 is 2.54 bits per heavy atom. The normalized spacial score (nSPS) is 11.2. The Morgan fingerprint density at radius 2 is 1.75 bits per heavy atom. The molecule has 2 rings (SSSR count). The van der Waals surface area contributed by atoms with Gasteiger partial charge in [0, 0.05) is 12.7 Å². The Kier molecular flexibility index (Phi) is 7.30. The molecule has 4 heteroatoms. The van der Waals surface area contributed by atoms with E-state index in [4.69, 9.17) is 14.9 Å². The zero-order valence-electron chi connectivity index (χ0n) is 13.8. The van der Waals surface area contributed by atoms with Gasteiger partial charge in [0.1, 0.15) is 5.75 Å². The molecule has 0 spiro atoms. The van der Waals surface area contributed by atoms with E-state index in [0.717, 1.165) is 47.8 Å². The third kappa shape index (κ3) is 6.05. The molecular weight excluding hydrogens is 304 g/mol. The van der Waals surface area contributed by atoms with Gasteiger partial charge in [-0.3, -0.25) is 0 Å². The molecule has 0 aromatic heterocycles. The summed E-state index contributed by atoms with van der Waals surface area (Å²) in [5.74, 6) is -0.0582. The number of aliphatic hydroxyl groups is 1. The molecule has 0 radical (unpaired) electrons. The SMILES string of the molecule is O=C(O)C=CCc1ccc2cc(OCCCCCCO)ccc2c1. The quantitative estimate of drug-likeness (QED) is 0.512. The standard InChI is InChI=1S/C20H24O4/c21-12-3-1-2-4-13-24-19-11-10-17-14-16(6-5-7-20(22)23)8-9-18(17)15-19/h5,7-11,14-15,21H,1-4,6,12-13H2,(H,22,23). The van der Waals surface area contributed by atoms with Crippen LogP contribution in [0.5, 0.6) is 5.75 Å². The number of ether oxygens (including phenoxy) is 1. The van der Waals surface area contributed by atoms with Crippen LogP contribution in [-0.4, -0.2) is 29.4 Å². The molecule has 0 atom stereocenters. The number of carboxylic acid groups (broad SMARTS) is 1. The van der Waals surface area contributed by atoms with E-state index < -0.39 is 5.97 Å². The largest absolute Gasteiger partial charge is 0.494 e. The van der Waals surface area contributed by atoms with Crippen LogP contribution >= 0.6 is 0 Å². The molecule has 0 heterocycles. The molecule has 2 aromatic carbocycles. The lowest BCUT2D eigenvalue weighted by Gasteiger charge is -2.08. The van der Waals surface area contributed by atoms with E-state index in [2.05, 4.69) is 6.07 Å². The number of unbranched alkanes of at least 4 members (excludes halogenated alkanes) is 3. The molecule has 0 amide bonds. The van der Waals surface area contributed by atoms with Crippen molar-refractivity contribution in [2.45, 2.75) is 32.1 Å². The van der Waals surface area contributed by atoms with Crippen LogP contribution in [0.4, 0.5) is 0 Å². The first-order valence-electron chi connectivity index (χ1n) is 8.35. The number of aliphatic carboxylic acids is 1. The van der Waals surface area contributed by atoms with Crippen molar-refractivity contribution < 1.29 is 19.7 Å². The number of benzene rings is 2. The second-order valence-corrected chi connectivity index (χ2v) is 5.77. The minimum Gasteiger partial charge on any atom is -0.494 e. The van der Waals surface area contributed by atoms with Crippen LogP contribution < -0.4 is 4.74 Å². The van der Waals surface area contributed by atoms with Gasteiger partial charge >= 0.3 is 5.97 Å². The lowest BCUT2D eigenvalue weighted by molar-refractivity contribution is -0.131. The molecule has 0 aliphatic carbocycles. The predicted octanol–water partition coefficient (Wildman–Crippen LogP) is 3.95. The fourth-order valence-corrected chi connectivity index (χ4v) is 2.54. The van der Waals surface area contributed by atoms with Gasteiger partial charge in [-0.25, -0.2) is 4.79 Å². The minimum atomic E-state index is -0.922. The lowest BCUT2D eigenvalue weighted by atomic mass is 10.0. The van der Waals surface area contributed by atoms with Gasteiger partial charge in [-0.1, -0.05) is 36.8 Å². The predicted molar refractivity (Wildman–Crippen MR) is 95.5 cm³/mol. The molecule has 0 fully saturated rings. The molecule has 2 aromatic rings. The van der Waals surface area contributed by atoms with Gasteiger partial charge in [0.2, 0.25) is 0 Å². The van der Waals surface area contributed by atoms with Gasteiger partial charge in [-0.15, -0.1) is 0 Å². The number of carboxylic acids is 1. The number of rotatable bonds is 10. The van der Waals surface area contributed by atoms with E-state index in [9.17, 15) is 4.79 Å². The van der Waals surface area contributed by atoms with Gasteiger partial charge in [0.25, 0.3) is 0 Å². The summed E-state index contributed by atoms with van der Waals surface area (Å²) in [6.45, 7) is 0.953. The fraction of sp³-hybridized carbons (Fsp3) is 0.350. The zero-order chi connectivity index (χ0) is 17.2. The molecule has 0 aliphatic rings. The summed E-state index contributed by atoms with van der Waals surface area (Å²) < 4.78 is 5.78. The number of aliphatic hydroxyl groups excluding tert-OH is 1. The first-order valence-corrected chi connectivity index (χ1v) is 8.35. The van der Waals surface area contributed by atoms with Gasteiger partial charge in [-0.05, 0) is 54.2 Å². The maximum Gasteiger partial charge on any atom is 0.327 e. The Morgan fingerprint density at radius 1 is 1.00 bits per heavy atom. The van der Waals surface area contributed by atoms with Crippen molar-refractivity contribution in [2.75, 3.05) is 13.2 Å². The Balaban J connectivity index is 1.90. The van der Waals surface area contributed by atoms with Crippen LogP contribution in [0.25, 0.3) is 10.8 Å². The van der Waals surface area contributed by atoms with Crippen molar-refractivity contribution in [3.63, 3.8) is 0 Å². The molecule has 0 unspecified atom stereocenters. The van der Waals surface area contributed by atoms with Crippen molar-refractivity contribution in [3.05, 3.63) is 54.1 Å². The van der Waals surface area contributed by atoms with E-state index in [1.54, 1.807) is 6.08 Å². The van der Waals surface area contributed by atoms with E-state index in [1.807, 2.05) is 30.3 Å². The van der Waals surface area contributed by atoms with Crippen molar-refractivity contribution in [1.29, 1.82) is 0 Å². The van der Waals surface area contributed by atoms with Crippen LogP contribution in [0.15, 0.2) is 48.6 Å². The summed E-state index contributed by atoms with van der Waals surface area (Å²) in [6.07, 6.45) is 7.39. The molecule has 0 bridgehead atoms. The minimum absolute atomic E-state index is 0.264. The average molecular weight is 328 g/mol. The number of carbonyl (C=O) groups is 1. The fourth-order valence-electron chi connectivity index (χ4n) is 2.54.